The zero-order chi connectivity index (χ0) is 22.3. The van der Waals surface area contributed by atoms with Crippen LogP contribution in [0.3, 0.4) is 0 Å². The number of likely N-dealkylation sites (tertiary alicyclic amines) is 1. The fourth-order valence-electron chi connectivity index (χ4n) is 5.46. The molecule has 3 heterocycles. The van der Waals surface area contributed by atoms with Crippen molar-refractivity contribution >= 4 is 11.6 Å². The van der Waals surface area contributed by atoms with Gasteiger partial charge in [-0.2, -0.15) is 18.3 Å². The lowest BCUT2D eigenvalue weighted by Crippen LogP contribution is -2.38. The van der Waals surface area contributed by atoms with Crippen LogP contribution in [0.25, 0.3) is 5.65 Å². The van der Waals surface area contributed by atoms with Crippen LogP contribution in [0.2, 0.25) is 0 Å². The van der Waals surface area contributed by atoms with Crippen LogP contribution >= 0.6 is 0 Å². The predicted molar refractivity (Wildman–Crippen MR) is 112 cm³/mol. The number of rotatable bonds is 3. The van der Waals surface area contributed by atoms with Crippen molar-refractivity contribution in [2.24, 2.45) is 5.92 Å². The number of fused-ring (bicyclic) bond motifs is 1. The molecule has 1 amide bonds. The molecule has 170 valence electrons. The number of aromatic nitrogens is 3. The molecule has 5 nitrogen and oxygen atoms in total. The minimum Gasteiger partial charge on any atom is -0.342 e. The first kappa shape index (κ1) is 22.1. The maximum Gasteiger partial charge on any atom is 0.391 e. The average Bonchev–Trinajstić information content (AvgIpc) is 3.15. The molecule has 0 N–H and O–H groups in total. The fraction of sp³-hybridized carbons (Fsp3) is 0.696. The SMILES string of the molecule is CCc1c(C)nc2cc([C@H]3CC[C@H](C(F)(F)F)CC3)nn2c1[C@@H]1CCCN(C(C)=O)C1. The lowest BCUT2D eigenvalue weighted by molar-refractivity contribution is -0.182. The molecule has 1 saturated carbocycles. The van der Waals surface area contributed by atoms with Gasteiger partial charge in [0.2, 0.25) is 5.91 Å². The smallest absolute Gasteiger partial charge is 0.342 e. The van der Waals surface area contributed by atoms with E-state index in [1.807, 2.05) is 22.4 Å². The Labute approximate surface area is 181 Å². The molecule has 2 aromatic heterocycles. The van der Waals surface area contributed by atoms with Gasteiger partial charge in [0, 0.05) is 43.6 Å². The van der Waals surface area contributed by atoms with Crippen LogP contribution in [-0.2, 0) is 11.2 Å². The number of alkyl halides is 3. The Morgan fingerprint density at radius 1 is 1.16 bits per heavy atom. The van der Waals surface area contributed by atoms with Gasteiger partial charge in [0.1, 0.15) is 0 Å². The Bertz CT molecular complexity index is 960. The van der Waals surface area contributed by atoms with Gasteiger partial charge in [-0.3, -0.25) is 4.79 Å². The molecular weight excluding hydrogens is 405 g/mol. The van der Waals surface area contributed by atoms with Crippen LogP contribution in [0.1, 0.15) is 86.9 Å². The van der Waals surface area contributed by atoms with Gasteiger partial charge >= 0.3 is 6.18 Å². The molecule has 0 unspecified atom stereocenters. The van der Waals surface area contributed by atoms with Gasteiger partial charge in [0.25, 0.3) is 0 Å². The summed E-state index contributed by atoms with van der Waals surface area (Å²) in [5.74, 6) is -0.875. The summed E-state index contributed by atoms with van der Waals surface area (Å²) in [5.41, 5.74) is 4.86. The Kier molecular flexibility index (Phi) is 6.01. The van der Waals surface area contributed by atoms with E-state index in [0.29, 0.717) is 19.4 Å². The van der Waals surface area contributed by atoms with Crippen molar-refractivity contribution in [1.82, 2.24) is 19.5 Å². The van der Waals surface area contributed by atoms with E-state index in [-0.39, 0.29) is 30.6 Å². The number of hydrogen-bond donors (Lipinski definition) is 0. The first-order valence-electron chi connectivity index (χ1n) is 11.4. The number of hydrogen-bond acceptors (Lipinski definition) is 3. The van der Waals surface area contributed by atoms with Crippen molar-refractivity contribution < 1.29 is 18.0 Å². The van der Waals surface area contributed by atoms with Crippen LogP contribution < -0.4 is 0 Å². The zero-order valence-electron chi connectivity index (χ0n) is 18.5. The Morgan fingerprint density at radius 2 is 1.87 bits per heavy atom. The van der Waals surface area contributed by atoms with Crippen molar-refractivity contribution in [1.29, 1.82) is 0 Å². The summed E-state index contributed by atoms with van der Waals surface area (Å²) in [6.45, 7) is 7.18. The third kappa shape index (κ3) is 4.30. The van der Waals surface area contributed by atoms with Crippen LogP contribution in [0, 0.1) is 12.8 Å². The van der Waals surface area contributed by atoms with Crippen molar-refractivity contribution in [3.63, 3.8) is 0 Å². The molecule has 1 atom stereocenters. The van der Waals surface area contributed by atoms with Crippen LogP contribution in [0.15, 0.2) is 6.07 Å². The van der Waals surface area contributed by atoms with Gasteiger partial charge in [0.05, 0.1) is 17.3 Å². The van der Waals surface area contributed by atoms with E-state index in [0.717, 1.165) is 48.5 Å². The minimum atomic E-state index is -4.10. The topological polar surface area (TPSA) is 50.5 Å². The summed E-state index contributed by atoms with van der Waals surface area (Å²) in [4.78, 5) is 18.6. The largest absolute Gasteiger partial charge is 0.391 e. The molecule has 2 fully saturated rings. The summed E-state index contributed by atoms with van der Waals surface area (Å²) >= 11 is 0. The highest BCUT2D eigenvalue weighted by molar-refractivity contribution is 5.73. The third-order valence-electron chi connectivity index (χ3n) is 7.18. The third-order valence-corrected chi connectivity index (χ3v) is 7.18. The summed E-state index contributed by atoms with van der Waals surface area (Å²) < 4.78 is 41.1. The predicted octanol–water partition coefficient (Wildman–Crippen LogP) is 5.16. The lowest BCUT2D eigenvalue weighted by atomic mass is 9.80. The monoisotopic (exact) mass is 436 g/mol. The van der Waals surface area contributed by atoms with Crippen LogP contribution in [0.5, 0.6) is 0 Å². The van der Waals surface area contributed by atoms with Crippen molar-refractivity contribution in [2.75, 3.05) is 13.1 Å². The number of piperidine rings is 1. The Hall–Kier alpha value is -2.12. The number of aryl methyl sites for hydroxylation is 1. The second-order valence-electron chi connectivity index (χ2n) is 9.15. The number of amides is 1. The minimum absolute atomic E-state index is 0.0404. The number of carbonyl (C=O) groups excluding carboxylic acids is 1. The summed E-state index contributed by atoms with van der Waals surface area (Å²) in [7, 11) is 0. The Morgan fingerprint density at radius 3 is 2.48 bits per heavy atom. The molecule has 2 aliphatic rings. The molecule has 1 aliphatic heterocycles. The summed E-state index contributed by atoms with van der Waals surface area (Å²) in [5, 5.41) is 4.89. The second kappa shape index (κ2) is 8.43. The van der Waals surface area contributed by atoms with Gasteiger partial charge in [-0.15, -0.1) is 0 Å². The van der Waals surface area contributed by atoms with Gasteiger partial charge in [-0.1, -0.05) is 6.92 Å². The van der Waals surface area contributed by atoms with E-state index in [1.165, 1.54) is 5.56 Å². The molecule has 8 heteroatoms. The molecule has 0 spiro atoms. The van der Waals surface area contributed by atoms with Crippen molar-refractivity contribution in [3.05, 3.63) is 28.7 Å². The highest BCUT2D eigenvalue weighted by atomic mass is 19.4. The van der Waals surface area contributed by atoms with Crippen LogP contribution in [0.4, 0.5) is 13.2 Å². The number of carbonyl (C=O) groups is 1. The van der Waals surface area contributed by atoms with Crippen molar-refractivity contribution in [2.45, 2.75) is 83.7 Å². The molecule has 4 rings (SSSR count). The number of nitrogens with zero attached hydrogens (tertiary/aromatic N) is 4. The summed E-state index contributed by atoms with van der Waals surface area (Å²) in [6.07, 6.45) is -0.000433. The average molecular weight is 437 g/mol. The highest BCUT2D eigenvalue weighted by Crippen LogP contribution is 2.43. The van der Waals surface area contributed by atoms with Gasteiger partial charge in [-0.05, 0) is 57.4 Å². The van der Waals surface area contributed by atoms with E-state index in [2.05, 4.69) is 6.92 Å². The molecule has 0 radical (unpaired) electrons. The van der Waals surface area contributed by atoms with E-state index < -0.39 is 12.1 Å². The molecule has 31 heavy (non-hydrogen) atoms. The standard InChI is InChI=1S/C23H31F3N4O/c1-4-19-14(2)27-21-12-20(16-7-9-18(10-8-16)23(24,25)26)28-30(21)22(19)17-6-5-11-29(13-17)15(3)31/h12,16-18H,4-11,13H2,1-3H3/t16-,17-,18-/m1/s1. The van der Waals surface area contributed by atoms with E-state index in [4.69, 9.17) is 10.1 Å². The van der Waals surface area contributed by atoms with Crippen LogP contribution in [-0.4, -0.2) is 44.7 Å². The number of halogens is 3. The van der Waals surface area contributed by atoms with Gasteiger partial charge in [0.15, 0.2) is 5.65 Å². The zero-order valence-corrected chi connectivity index (χ0v) is 18.5. The fourth-order valence-corrected chi connectivity index (χ4v) is 5.46. The molecular formula is C23H31F3N4O. The van der Waals surface area contributed by atoms with E-state index >= 15 is 0 Å². The quantitative estimate of drug-likeness (QED) is 0.668. The summed E-state index contributed by atoms with van der Waals surface area (Å²) in [6, 6.07) is 1.96. The first-order chi connectivity index (χ1) is 14.7. The molecule has 1 saturated heterocycles. The maximum absolute atomic E-state index is 13.1. The lowest BCUT2D eigenvalue weighted by Gasteiger charge is -2.33. The van der Waals surface area contributed by atoms with Gasteiger partial charge in [-0.25, -0.2) is 9.50 Å². The van der Waals surface area contributed by atoms with Crippen molar-refractivity contribution in [3.8, 4) is 0 Å². The second-order valence-corrected chi connectivity index (χ2v) is 9.15. The normalized spacial score (nSPS) is 25.2. The maximum atomic E-state index is 13.1. The molecule has 0 bridgehead atoms. The van der Waals surface area contributed by atoms with Gasteiger partial charge < -0.3 is 4.90 Å². The first-order valence-corrected chi connectivity index (χ1v) is 11.4. The molecule has 2 aromatic rings. The highest BCUT2D eigenvalue weighted by Gasteiger charge is 2.42. The molecule has 0 aromatic carbocycles. The van der Waals surface area contributed by atoms with E-state index in [9.17, 15) is 18.0 Å². The Balaban J connectivity index is 1.68. The van der Waals surface area contributed by atoms with E-state index in [1.54, 1.807) is 6.92 Å². The molecule has 1 aliphatic carbocycles.